The molecule has 1 heterocycles. The third-order valence-electron chi connectivity index (χ3n) is 4.15. The molecule has 28 heavy (non-hydrogen) atoms. The molecule has 0 unspecified atom stereocenters. The standard InChI is InChI=1S/C20H18FN3O4/c1-3-24-18(20(26)27)17(16(23-24)14-9-4-5-10-15(14)21)22-19(25)12-7-6-8-13(11-12)28-2/h4-11H,3H2,1-2H3,(H,22,25)(H,26,27). The van der Waals surface area contributed by atoms with Crippen LogP contribution in [-0.2, 0) is 6.54 Å². The number of aromatic carboxylic acids is 1. The summed E-state index contributed by atoms with van der Waals surface area (Å²) in [6.07, 6.45) is 0. The summed E-state index contributed by atoms with van der Waals surface area (Å²) in [5.41, 5.74) is 0.121. The molecule has 2 N–H and O–H groups in total. The average Bonchev–Trinajstić information content (AvgIpc) is 3.06. The molecule has 0 saturated heterocycles. The first-order valence-electron chi connectivity index (χ1n) is 8.50. The maximum Gasteiger partial charge on any atom is 0.356 e. The molecule has 0 atom stereocenters. The predicted octanol–water partition coefficient (Wildman–Crippen LogP) is 3.67. The second-order valence-electron chi connectivity index (χ2n) is 5.86. The van der Waals surface area contributed by atoms with Crippen LogP contribution in [0.4, 0.5) is 10.1 Å². The van der Waals surface area contributed by atoms with Crippen molar-refractivity contribution in [3.05, 3.63) is 65.6 Å². The Morgan fingerprint density at radius 3 is 2.61 bits per heavy atom. The van der Waals surface area contributed by atoms with Crippen molar-refractivity contribution in [1.29, 1.82) is 0 Å². The van der Waals surface area contributed by atoms with Gasteiger partial charge in [-0.25, -0.2) is 9.18 Å². The molecule has 0 fully saturated rings. The van der Waals surface area contributed by atoms with Crippen LogP contribution in [-0.4, -0.2) is 33.9 Å². The lowest BCUT2D eigenvalue weighted by Crippen LogP contribution is -2.16. The molecule has 8 heteroatoms. The Bertz CT molecular complexity index is 1050. The molecule has 0 saturated carbocycles. The van der Waals surface area contributed by atoms with Crippen LogP contribution in [0, 0.1) is 5.82 Å². The van der Waals surface area contributed by atoms with Gasteiger partial charge in [0, 0.05) is 17.7 Å². The molecule has 0 radical (unpaired) electrons. The van der Waals surface area contributed by atoms with Gasteiger partial charge in [-0.05, 0) is 37.3 Å². The van der Waals surface area contributed by atoms with Crippen LogP contribution >= 0.6 is 0 Å². The minimum absolute atomic E-state index is 0.0496. The van der Waals surface area contributed by atoms with E-state index in [-0.39, 0.29) is 34.7 Å². The lowest BCUT2D eigenvalue weighted by Gasteiger charge is -2.09. The fourth-order valence-electron chi connectivity index (χ4n) is 2.82. The van der Waals surface area contributed by atoms with Gasteiger partial charge in [-0.3, -0.25) is 9.48 Å². The Hall–Kier alpha value is -3.68. The van der Waals surface area contributed by atoms with Crippen LogP contribution in [0.3, 0.4) is 0 Å². The molecule has 0 aliphatic heterocycles. The number of carbonyl (C=O) groups excluding carboxylic acids is 1. The smallest absolute Gasteiger partial charge is 0.356 e. The number of carbonyl (C=O) groups is 2. The maximum absolute atomic E-state index is 14.3. The highest BCUT2D eigenvalue weighted by atomic mass is 19.1. The first-order valence-corrected chi connectivity index (χ1v) is 8.50. The Labute approximate surface area is 160 Å². The summed E-state index contributed by atoms with van der Waals surface area (Å²) in [5, 5.41) is 16.4. The molecule has 0 spiro atoms. The van der Waals surface area contributed by atoms with E-state index in [2.05, 4.69) is 10.4 Å². The van der Waals surface area contributed by atoms with E-state index in [4.69, 9.17) is 4.74 Å². The van der Waals surface area contributed by atoms with Gasteiger partial charge in [0.25, 0.3) is 5.91 Å². The average molecular weight is 383 g/mol. The molecule has 1 amide bonds. The maximum atomic E-state index is 14.3. The van der Waals surface area contributed by atoms with Crippen molar-refractivity contribution in [3.63, 3.8) is 0 Å². The van der Waals surface area contributed by atoms with Crippen LogP contribution in [0.1, 0.15) is 27.8 Å². The van der Waals surface area contributed by atoms with E-state index >= 15 is 0 Å². The van der Waals surface area contributed by atoms with Crippen LogP contribution in [0.5, 0.6) is 5.75 Å². The molecule has 3 rings (SSSR count). The van der Waals surface area contributed by atoms with Gasteiger partial charge in [-0.15, -0.1) is 0 Å². The first-order chi connectivity index (χ1) is 13.5. The molecular weight excluding hydrogens is 365 g/mol. The summed E-state index contributed by atoms with van der Waals surface area (Å²) in [7, 11) is 1.47. The molecular formula is C20H18FN3O4. The third kappa shape index (κ3) is 3.57. The van der Waals surface area contributed by atoms with Crippen LogP contribution in [0.2, 0.25) is 0 Å². The van der Waals surface area contributed by atoms with Crippen LogP contribution in [0.25, 0.3) is 11.3 Å². The summed E-state index contributed by atoms with van der Waals surface area (Å²) < 4.78 is 20.7. The Kier molecular flexibility index (Phi) is 5.39. The Balaban J connectivity index is 2.12. The number of ether oxygens (including phenoxy) is 1. The summed E-state index contributed by atoms with van der Waals surface area (Å²) in [6, 6.07) is 12.2. The molecule has 0 aliphatic rings. The van der Waals surface area contributed by atoms with Gasteiger partial charge in [-0.2, -0.15) is 5.10 Å². The van der Waals surface area contributed by atoms with Crippen LogP contribution < -0.4 is 10.1 Å². The number of nitrogens with one attached hydrogen (secondary N) is 1. The van der Waals surface area contributed by atoms with Crippen molar-refractivity contribution < 1.29 is 23.8 Å². The van der Waals surface area contributed by atoms with E-state index in [1.807, 2.05) is 0 Å². The number of amides is 1. The number of anilines is 1. The van der Waals surface area contributed by atoms with Gasteiger partial charge in [-0.1, -0.05) is 18.2 Å². The van der Waals surface area contributed by atoms with E-state index < -0.39 is 17.7 Å². The SMILES string of the molecule is CCn1nc(-c2ccccc2F)c(NC(=O)c2cccc(OC)c2)c1C(=O)O. The highest BCUT2D eigenvalue weighted by Gasteiger charge is 2.26. The third-order valence-corrected chi connectivity index (χ3v) is 4.15. The highest BCUT2D eigenvalue weighted by molar-refractivity contribution is 6.10. The molecule has 3 aromatic rings. The minimum Gasteiger partial charge on any atom is -0.497 e. The zero-order chi connectivity index (χ0) is 20.3. The zero-order valence-electron chi connectivity index (χ0n) is 15.3. The number of rotatable bonds is 6. The van der Waals surface area contributed by atoms with E-state index in [0.717, 1.165) is 0 Å². The Morgan fingerprint density at radius 2 is 1.96 bits per heavy atom. The topological polar surface area (TPSA) is 93.5 Å². The summed E-state index contributed by atoms with van der Waals surface area (Å²) in [4.78, 5) is 24.6. The van der Waals surface area contributed by atoms with Gasteiger partial charge in [0.2, 0.25) is 0 Å². The number of nitrogens with zero attached hydrogens (tertiary/aromatic N) is 2. The molecule has 0 bridgehead atoms. The number of carboxylic acids is 1. The number of hydrogen-bond donors (Lipinski definition) is 2. The van der Waals surface area contributed by atoms with Crippen molar-refractivity contribution in [3.8, 4) is 17.0 Å². The number of hydrogen-bond acceptors (Lipinski definition) is 4. The van der Waals surface area contributed by atoms with Gasteiger partial charge in [0.1, 0.15) is 22.9 Å². The number of carboxylic acid groups (broad SMARTS) is 1. The second-order valence-corrected chi connectivity index (χ2v) is 5.86. The van der Waals surface area contributed by atoms with Crippen molar-refractivity contribution in [2.24, 2.45) is 0 Å². The normalized spacial score (nSPS) is 10.5. The number of aromatic nitrogens is 2. The number of methoxy groups -OCH3 is 1. The zero-order valence-corrected chi connectivity index (χ0v) is 15.3. The summed E-state index contributed by atoms with van der Waals surface area (Å²) >= 11 is 0. The van der Waals surface area contributed by atoms with E-state index in [1.165, 1.54) is 36.1 Å². The number of halogens is 1. The van der Waals surface area contributed by atoms with Crippen molar-refractivity contribution in [2.75, 3.05) is 12.4 Å². The quantitative estimate of drug-likeness (QED) is 0.677. The molecule has 0 aliphatic carbocycles. The predicted molar refractivity (Wildman–Crippen MR) is 101 cm³/mol. The lowest BCUT2D eigenvalue weighted by molar-refractivity contribution is 0.0684. The summed E-state index contributed by atoms with van der Waals surface area (Å²) in [6.45, 7) is 1.94. The highest BCUT2D eigenvalue weighted by Crippen LogP contribution is 2.33. The first kappa shape index (κ1) is 19.1. The number of benzene rings is 2. The van der Waals surface area contributed by atoms with Gasteiger partial charge in [0.15, 0.2) is 5.69 Å². The van der Waals surface area contributed by atoms with E-state index in [9.17, 15) is 19.1 Å². The molecule has 144 valence electrons. The fraction of sp³-hybridized carbons (Fsp3) is 0.150. The van der Waals surface area contributed by atoms with Gasteiger partial charge >= 0.3 is 5.97 Å². The Morgan fingerprint density at radius 1 is 1.21 bits per heavy atom. The lowest BCUT2D eigenvalue weighted by atomic mass is 10.1. The molecule has 2 aromatic carbocycles. The van der Waals surface area contributed by atoms with E-state index in [0.29, 0.717) is 5.75 Å². The minimum atomic E-state index is -1.28. The van der Waals surface area contributed by atoms with E-state index in [1.54, 1.807) is 31.2 Å². The monoisotopic (exact) mass is 383 g/mol. The van der Waals surface area contributed by atoms with Crippen molar-refractivity contribution in [2.45, 2.75) is 13.5 Å². The second kappa shape index (κ2) is 7.91. The largest absolute Gasteiger partial charge is 0.497 e. The van der Waals surface area contributed by atoms with Crippen LogP contribution in [0.15, 0.2) is 48.5 Å². The fourth-order valence-corrected chi connectivity index (χ4v) is 2.82. The summed E-state index contributed by atoms with van der Waals surface area (Å²) in [5.74, 6) is -1.94. The van der Waals surface area contributed by atoms with Crippen molar-refractivity contribution in [1.82, 2.24) is 9.78 Å². The van der Waals surface area contributed by atoms with Crippen molar-refractivity contribution >= 4 is 17.6 Å². The molecule has 1 aromatic heterocycles. The van der Waals surface area contributed by atoms with Gasteiger partial charge < -0.3 is 15.2 Å². The molecule has 7 nitrogen and oxygen atoms in total. The van der Waals surface area contributed by atoms with Gasteiger partial charge in [0.05, 0.1) is 7.11 Å². The number of aryl methyl sites for hydroxylation is 1.